The Morgan fingerprint density at radius 1 is 1.20 bits per heavy atom. The van der Waals surface area contributed by atoms with Crippen molar-refractivity contribution in [3.05, 3.63) is 52.2 Å². The summed E-state index contributed by atoms with van der Waals surface area (Å²) in [4.78, 5) is 37.5. The molecule has 30 heavy (non-hydrogen) atoms. The van der Waals surface area contributed by atoms with Crippen LogP contribution in [0.25, 0.3) is 0 Å². The summed E-state index contributed by atoms with van der Waals surface area (Å²) in [6.45, 7) is 2.57. The van der Waals surface area contributed by atoms with Crippen LogP contribution in [0.3, 0.4) is 0 Å². The molecule has 1 aromatic heterocycles. The standard InChI is InChI=1S/C21H26N4O3S2/c1-2-14-5-7-15(8-6-14)23-20(28)13-30-21-24-16(11-19(27)25-21)10-18(26)22-12-17-4-3-9-29-17/h3-9,16,21,24H,2,10-13H2,1H3,(H,22,26)(H,23,28)(H,25,27). The summed E-state index contributed by atoms with van der Waals surface area (Å²) < 4.78 is 0. The van der Waals surface area contributed by atoms with Crippen molar-refractivity contribution in [1.82, 2.24) is 16.0 Å². The number of benzene rings is 1. The van der Waals surface area contributed by atoms with Crippen LogP contribution in [-0.4, -0.2) is 35.0 Å². The van der Waals surface area contributed by atoms with Gasteiger partial charge in [0.1, 0.15) is 5.50 Å². The number of carbonyl (C=O) groups is 3. The summed E-state index contributed by atoms with van der Waals surface area (Å²) in [5.41, 5.74) is 1.55. The van der Waals surface area contributed by atoms with Gasteiger partial charge in [-0.2, -0.15) is 0 Å². The Labute approximate surface area is 184 Å². The number of thioether (sulfide) groups is 1. The van der Waals surface area contributed by atoms with E-state index < -0.39 is 5.50 Å². The van der Waals surface area contributed by atoms with Gasteiger partial charge in [0.2, 0.25) is 17.7 Å². The highest BCUT2D eigenvalue weighted by molar-refractivity contribution is 8.00. The molecule has 4 N–H and O–H groups in total. The first kappa shape index (κ1) is 22.3. The largest absolute Gasteiger partial charge is 0.351 e. The molecule has 0 bridgehead atoms. The van der Waals surface area contributed by atoms with E-state index in [2.05, 4.69) is 28.2 Å². The van der Waals surface area contributed by atoms with Gasteiger partial charge in [-0.15, -0.1) is 23.1 Å². The van der Waals surface area contributed by atoms with Gasteiger partial charge < -0.3 is 16.0 Å². The predicted octanol–water partition coefficient (Wildman–Crippen LogP) is 2.45. The Kier molecular flexibility index (Phi) is 8.30. The lowest BCUT2D eigenvalue weighted by Gasteiger charge is -2.30. The lowest BCUT2D eigenvalue weighted by atomic mass is 10.1. The average molecular weight is 447 g/mol. The van der Waals surface area contributed by atoms with Gasteiger partial charge in [0.15, 0.2) is 0 Å². The van der Waals surface area contributed by atoms with E-state index in [1.54, 1.807) is 11.3 Å². The van der Waals surface area contributed by atoms with Gasteiger partial charge in [-0.3, -0.25) is 19.7 Å². The Morgan fingerprint density at radius 2 is 2.00 bits per heavy atom. The zero-order valence-electron chi connectivity index (χ0n) is 16.8. The van der Waals surface area contributed by atoms with Gasteiger partial charge in [0, 0.05) is 29.4 Å². The van der Waals surface area contributed by atoms with Crippen molar-refractivity contribution < 1.29 is 14.4 Å². The third-order valence-corrected chi connectivity index (χ3v) is 6.50. The van der Waals surface area contributed by atoms with Crippen molar-refractivity contribution >= 4 is 46.5 Å². The van der Waals surface area contributed by atoms with Crippen LogP contribution in [-0.2, 0) is 27.3 Å². The second kappa shape index (κ2) is 11.1. The molecule has 0 aliphatic carbocycles. The highest BCUT2D eigenvalue weighted by Gasteiger charge is 2.28. The van der Waals surface area contributed by atoms with Crippen molar-refractivity contribution in [3.8, 4) is 0 Å². The van der Waals surface area contributed by atoms with E-state index in [4.69, 9.17) is 0 Å². The highest BCUT2D eigenvalue weighted by atomic mass is 32.2. The van der Waals surface area contributed by atoms with Gasteiger partial charge >= 0.3 is 0 Å². The average Bonchev–Trinajstić information content (AvgIpc) is 3.25. The van der Waals surface area contributed by atoms with Crippen molar-refractivity contribution in [2.75, 3.05) is 11.1 Å². The minimum absolute atomic E-state index is 0.104. The lowest BCUT2D eigenvalue weighted by Crippen LogP contribution is -2.56. The van der Waals surface area contributed by atoms with Crippen LogP contribution in [0.15, 0.2) is 41.8 Å². The maximum atomic E-state index is 12.2. The molecule has 0 spiro atoms. The molecule has 2 unspecified atom stereocenters. The van der Waals surface area contributed by atoms with Crippen LogP contribution in [0.1, 0.15) is 30.2 Å². The van der Waals surface area contributed by atoms with E-state index in [0.717, 1.165) is 17.0 Å². The molecule has 0 saturated carbocycles. The van der Waals surface area contributed by atoms with E-state index in [1.165, 1.54) is 17.3 Å². The van der Waals surface area contributed by atoms with Crippen LogP contribution in [0.5, 0.6) is 0 Å². The van der Waals surface area contributed by atoms with Crippen LogP contribution in [0, 0.1) is 0 Å². The summed E-state index contributed by atoms with van der Waals surface area (Å²) in [5, 5.41) is 13.7. The monoisotopic (exact) mass is 446 g/mol. The maximum absolute atomic E-state index is 12.2. The van der Waals surface area contributed by atoms with Crippen LogP contribution in [0.4, 0.5) is 5.69 Å². The van der Waals surface area contributed by atoms with Gasteiger partial charge in [0.05, 0.1) is 12.3 Å². The minimum atomic E-state index is -0.408. The van der Waals surface area contributed by atoms with Crippen molar-refractivity contribution in [2.24, 2.45) is 0 Å². The number of carbonyl (C=O) groups excluding carboxylic acids is 3. The Morgan fingerprint density at radius 3 is 2.70 bits per heavy atom. The maximum Gasteiger partial charge on any atom is 0.234 e. The number of rotatable bonds is 9. The number of hydrogen-bond acceptors (Lipinski definition) is 6. The first-order chi connectivity index (χ1) is 14.5. The molecule has 2 atom stereocenters. The fourth-order valence-electron chi connectivity index (χ4n) is 3.04. The molecule has 1 aromatic carbocycles. The van der Waals surface area contributed by atoms with E-state index in [0.29, 0.717) is 6.54 Å². The number of thiophene rings is 1. The first-order valence-electron chi connectivity index (χ1n) is 9.86. The highest BCUT2D eigenvalue weighted by Crippen LogP contribution is 2.16. The minimum Gasteiger partial charge on any atom is -0.351 e. The van der Waals surface area contributed by atoms with Gasteiger partial charge in [-0.25, -0.2) is 0 Å². The van der Waals surface area contributed by atoms with Crippen LogP contribution < -0.4 is 21.3 Å². The van der Waals surface area contributed by atoms with Crippen LogP contribution in [0.2, 0.25) is 0 Å². The summed E-state index contributed by atoms with van der Waals surface area (Å²) in [6.07, 6.45) is 1.40. The molecule has 3 rings (SSSR count). The summed E-state index contributed by atoms with van der Waals surface area (Å²) in [6, 6.07) is 11.4. The fraction of sp³-hybridized carbons (Fsp3) is 0.381. The summed E-state index contributed by atoms with van der Waals surface area (Å²) in [7, 11) is 0. The number of amides is 3. The number of nitrogens with one attached hydrogen (secondary N) is 4. The molecular weight excluding hydrogens is 420 g/mol. The summed E-state index contributed by atoms with van der Waals surface area (Å²) >= 11 is 2.88. The molecule has 3 amide bonds. The molecule has 1 aliphatic rings. The summed E-state index contributed by atoms with van der Waals surface area (Å²) in [5.74, 6) is -0.188. The molecule has 1 saturated heterocycles. The second-order valence-corrected chi connectivity index (χ2v) is 9.11. The topological polar surface area (TPSA) is 99.3 Å². The Bertz CT molecular complexity index is 856. The molecule has 0 radical (unpaired) electrons. The van der Waals surface area contributed by atoms with E-state index in [9.17, 15) is 14.4 Å². The van der Waals surface area contributed by atoms with Crippen molar-refractivity contribution in [1.29, 1.82) is 0 Å². The van der Waals surface area contributed by atoms with Crippen LogP contribution >= 0.6 is 23.1 Å². The zero-order valence-corrected chi connectivity index (χ0v) is 18.4. The second-order valence-electron chi connectivity index (χ2n) is 6.99. The van der Waals surface area contributed by atoms with Crippen molar-refractivity contribution in [2.45, 2.75) is 44.3 Å². The molecule has 7 nitrogen and oxygen atoms in total. The van der Waals surface area contributed by atoms with Gasteiger partial charge in [0.25, 0.3) is 0 Å². The number of hydrogen-bond donors (Lipinski definition) is 4. The quantitative estimate of drug-likeness (QED) is 0.474. The number of aryl methyl sites for hydroxylation is 1. The third-order valence-electron chi connectivity index (χ3n) is 4.61. The molecule has 2 aromatic rings. The van der Waals surface area contributed by atoms with Crippen molar-refractivity contribution in [3.63, 3.8) is 0 Å². The van der Waals surface area contributed by atoms with E-state index in [-0.39, 0.29) is 42.4 Å². The number of anilines is 1. The van der Waals surface area contributed by atoms with Gasteiger partial charge in [-0.1, -0.05) is 25.1 Å². The van der Waals surface area contributed by atoms with Gasteiger partial charge in [-0.05, 0) is 35.6 Å². The van der Waals surface area contributed by atoms with E-state index >= 15 is 0 Å². The molecule has 2 heterocycles. The SMILES string of the molecule is CCc1ccc(NC(=O)CSC2NC(=O)CC(CC(=O)NCc3cccs3)N2)cc1. The molecule has 1 aliphatic heterocycles. The molecular formula is C21H26N4O3S2. The first-order valence-corrected chi connectivity index (χ1v) is 11.8. The van der Waals surface area contributed by atoms with E-state index in [1.807, 2.05) is 41.8 Å². The molecule has 1 fully saturated rings. The normalized spacial score (nSPS) is 18.5. The lowest BCUT2D eigenvalue weighted by molar-refractivity contribution is -0.125. The third kappa shape index (κ3) is 7.16. The smallest absolute Gasteiger partial charge is 0.234 e. The molecule has 160 valence electrons. The molecule has 9 heteroatoms. The Balaban J connectivity index is 1.41. The predicted molar refractivity (Wildman–Crippen MR) is 121 cm³/mol. The fourth-order valence-corrected chi connectivity index (χ4v) is 4.58. The zero-order chi connectivity index (χ0) is 21.3. The Hall–Kier alpha value is -2.36.